The summed E-state index contributed by atoms with van der Waals surface area (Å²) in [6, 6.07) is 14.8. The lowest BCUT2D eigenvalue weighted by atomic mass is 9.96. The predicted molar refractivity (Wildman–Crippen MR) is 106 cm³/mol. The third-order valence-corrected chi connectivity index (χ3v) is 6.17. The molecule has 0 aromatic heterocycles. The molecule has 0 saturated heterocycles. The summed E-state index contributed by atoms with van der Waals surface area (Å²) in [5, 5.41) is 0.295. The molecule has 1 unspecified atom stereocenters. The normalized spacial score (nSPS) is 18.5. The van der Waals surface area contributed by atoms with Gasteiger partial charge in [0.2, 0.25) is 0 Å². The van der Waals surface area contributed by atoms with Crippen molar-refractivity contribution >= 4 is 19.1 Å². The average Bonchev–Trinajstić information content (AvgIpc) is 2.71. The lowest BCUT2D eigenvalue weighted by Gasteiger charge is -2.29. The van der Waals surface area contributed by atoms with Gasteiger partial charge in [0, 0.05) is 23.3 Å². The van der Waals surface area contributed by atoms with Crippen LogP contribution in [-0.2, 0) is 18.6 Å². The minimum Gasteiger partial charge on any atom is -0.497 e. The van der Waals surface area contributed by atoms with Gasteiger partial charge in [0.15, 0.2) is 0 Å². The molecule has 0 saturated carbocycles. The Hall–Kier alpha value is -2.82. The first-order valence-electron chi connectivity index (χ1n) is 8.71. The van der Waals surface area contributed by atoms with Crippen LogP contribution in [0.3, 0.4) is 0 Å². The van der Waals surface area contributed by atoms with Crippen molar-refractivity contribution in [3.8, 4) is 11.5 Å². The molecule has 0 aliphatic carbocycles. The minimum atomic E-state index is -3.75. The lowest BCUT2D eigenvalue weighted by Crippen LogP contribution is -2.10. The van der Waals surface area contributed by atoms with Gasteiger partial charge in [0.1, 0.15) is 11.5 Å². The Morgan fingerprint density at radius 3 is 2.54 bits per heavy atom. The number of hydrogen-bond donors (Lipinski definition) is 0. The summed E-state index contributed by atoms with van der Waals surface area (Å²) in [7, 11) is -0.920. The van der Waals surface area contributed by atoms with E-state index in [0.717, 1.165) is 11.1 Å². The maximum atomic E-state index is 13.7. The van der Waals surface area contributed by atoms with Crippen LogP contribution < -0.4 is 9.26 Å². The molecular weight excluding hydrogens is 379 g/mol. The van der Waals surface area contributed by atoms with Crippen molar-refractivity contribution in [1.82, 2.24) is 0 Å². The Balaban J connectivity index is 2.32. The van der Waals surface area contributed by atoms with Crippen LogP contribution in [0, 0.1) is 0 Å². The van der Waals surface area contributed by atoms with Gasteiger partial charge in [0.25, 0.3) is 0 Å². The van der Waals surface area contributed by atoms with Gasteiger partial charge in [-0.05, 0) is 30.7 Å². The van der Waals surface area contributed by atoms with Gasteiger partial charge in [0.05, 0.1) is 26.1 Å². The standard InChI is InChI=1S/C21H21O6P/c1-4-26-28(23)19(12-13-20(22)25-3)21(15-8-6-5-7-9-15)17-11-10-16(24-2)14-18(17)27-28/h5-14H,4H2,1-3H3/b13-12+. The van der Waals surface area contributed by atoms with Gasteiger partial charge in [-0.2, -0.15) is 0 Å². The summed E-state index contributed by atoms with van der Waals surface area (Å²) in [4.78, 5) is 11.7. The Labute approximate surface area is 163 Å². The molecule has 3 rings (SSSR count). The second kappa shape index (κ2) is 8.46. The summed E-state index contributed by atoms with van der Waals surface area (Å²) in [5.41, 5.74) is 2.21. The van der Waals surface area contributed by atoms with E-state index in [0.29, 0.717) is 22.4 Å². The highest BCUT2D eigenvalue weighted by atomic mass is 31.2. The van der Waals surface area contributed by atoms with Crippen molar-refractivity contribution in [2.75, 3.05) is 20.8 Å². The third-order valence-electron chi connectivity index (χ3n) is 4.17. The van der Waals surface area contributed by atoms with E-state index in [1.165, 1.54) is 19.3 Å². The second-order valence-electron chi connectivity index (χ2n) is 5.85. The fourth-order valence-corrected chi connectivity index (χ4v) is 4.75. The Morgan fingerprint density at radius 1 is 1.14 bits per heavy atom. The van der Waals surface area contributed by atoms with Crippen molar-refractivity contribution in [3.63, 3.8) is 0 Å². The number of methoxy groups -OCH3 is 2. The van der Waals surface area contributed by atoms with Crippen LogP contribution in [0.4, 0.5) is 0 Å². The minimum absolute atomic E-state index is 0.175. The first kappa shape index (κ1) is 19.9. The molecule has 6 nitrogen and oxygen atoms in total. The van der Waals surface area contributed by atoms with E-state index in [-0.39, 0.29) is 6.61 Å². The first-order valence-corrected chi connectivity index (χ1v) is 10.3. The molecular formula is C21H21O6P. The number of rotatable bonds is 6. The zero-order valence-corrected chi connectivity index (χ0v) is 16.8. The Morgan fingerprint density at radius 2 is 1.89 bits per heavy atom. The van der Waals surface area contributed by atoms with Gasteiger partial charge in [-0.1, -0.05) is 30.3 Å². The topological polar surface area (TPSA) is 71.1 Å². The van der Waals surface area contributed by atoms with Crippen LogP contribution in [-0.4, -0.2) is 26.8 Å². The number of ether oxygens (including phenoxy) is 2. The molecule has 1 heterocycles. The number of carbonyl (C=O) groups is 1. The summed E-state index contributed by atoms with van der Waals surface area (Å²) >= 11 is 0. The van der Waals surface area contributed by atoms with Gasteiger partial charge >= 0.3 is 13.6 Å². The van der Waals surface area contributed by atoms with Crippen molar-refractivity contribution in [3.05, 3.63) is 77.1 Å². The van der Waals surface area contributed by atoms with Crippen LogP contribution in [0.1, 0.15) is 18.1 Å². The number of esters is 1. The average molecular weight is 400 g/mol. The second-order valence-corrected chi connectivity index (χ2v) is 7.77. The molecule has 1 aliphatic heterocycles. The Kier molecular flexibility index (Phi) is 6.02. The van der Waals surface area contributed by atoms with Crippen molar-refractivity contribution < 1.29 is 27.9 Å². The van der Waals surface area contributed by atoms with Gasteiger partial charge in [-0.15, -0.1) is 0 Å². The van der Waals surface area contributed by atoms with E-state index in [1.807, 2.05) is 36.4 Å². The SMILES string of the molecule is CCOP1(=O)Oc2cc(OC)ccc2C(c2ccccc2)=C1/C=C/C(=O)OC. The van der Waals surface area contributed by atoms with Crippen LogP contribution in [0.25, 0.3) is 5.57 Å². The highest BCUT2D eigenvalue weighted by molar-refractivity contribution is 7.59. The van der Waals surface area contributed by atoms with Crippen molar-refractivity contribution in [2.45, 2.75) is 6.92 Å². The zero-order valence-electron chi connectivity index (χ0n) is 15.9. The van der Waals surface area contributed by atoms with Crippen molar-refractivity contribution in [1.29, 1.82) is 0 Å². The molecule has 2 aromatic rings. The molecule has 1 aliphatic rings. The number of fused-ring (bicyclic) bond motifs is 1. The summed E-state index contributed by atoms with van der Waals surface area (Å²) in [6.07, 6.45) is 2.65. The number of allylic oxidation sites excluding steroid dienone is 2. The summed E-state index contributed by atoms with van der Waals surface area (Å²) in [6.45, 7) is 1.90. The van der Waals surface area contributed by atoms with E-state index < -0.39 is 13.6 Å². The molecule has 0 spiro atoms. The highest BCUT2D eigenvalue weighted by Crippen LogP contribution is 2.64. The van der Waals surface area contributed by atoms with E-state index >= 15 is 0 Å². The fraction of sp³-hybridized carbons (Fsp3) is 0.190. The number of hydrogen-bond acceptors (Lipinski definition) is 6. The zero-order chi connectivity index (χ0) is 20.1. The predicted octanol–water partition coefficient (Wildman–Crippen LogP) is 4.81. The van der Waals surface area contributed by atoms with Gasteiger partial charge < -0.3 is 14.0 Å². The summed E-state index contributed by atoms with van der Waals surface area (Å²) in [5.74, 6) is 0.399. The fourth-order valence-electron chi connectivity index (χ4n) is 2.93. The Bertz CT molecular complexity index is 978. The maximum absolute atomic E-state index is 13.7. The van der Waals surface area contributed by atoms with Crippen LogP contribution in [0.2, 0.25) is 0 Å². The monoisotopic (exact) mass is 400 g/mol. The summed E-state index contributed by atoms with van der Waals surface area (Å²) < 4.78 is 35.0. The molecule has 28 heavy (non-hydrogen) atoms. The van der Waals surface area contributed by atoms with Crippen LogP contribution in [0.15, 0.2) is 66.0 Å². The molecule has 0 N–H and O–H groups in total. The molecule has 7 heteroatoms. The molecule has 0 fully saturated rings. The molecule has 0 radical (unpaired) electrons. The maximum Gasteiger partial charge on any atom is 0.411 e. The largest absolute Gasteiger partial charge is 0.497 e. The van der Waals surface area contributed by atoms with Crippen molar-refractivity contribution in [2.24, 2.45) is 0 Å². The smallest absolute Gasteiger partial charge is 0.411 e. The molecule has 146 valence electrons. The molecule has 1 atom stereocenters. The number of benzene rings is 2. The van der Waals surface area contributed by atoms with E-state index in [1.54, 1.807) is 26.2 Å². The van der Waals surface area contributed by atoms with Crippen LogP contribution in [0.5, 0.6) is 11.5 Å². The molecule has 0 bridgehead atoms. The van der Waals surface area contributed by atoms with Gasteiger partial charge in [-0.3, -0.25) is 4.52 Å². The van der Waals surface area contributed by atoms with E-state index in [9.17, 15) is 9.36 Å². The van der Waals surface area contributed by atoms with E-state index in [4.69, 9.17) is 13.8 Å². The third kappa shape index (κ3) is 3.88. The first-order chi connectivity index (χ1) is 13.5. The molecule has 0 amide bonds. The quantitative estimate of drug-likeness (QED) is 0.394. The number of carbonyl (C=O) groups excluding carboxylic acids is 1. The lowest BCUT2D eigenvalue weighted by molar-refractivity contribution is -0.134. The molecule has 2 aromatic carbocycles. The van der Waals surface area contributed by atoms with E-state index in [2.05, 4.69) is 4.74 Å². The van der Waals surface area contributed by atoms with Gasteiger partial charge in [-0.25, -0.2) is 9.36 Å². The highest BCUT2D eigenvalue weighted by Gasteiger charge is 2.39. The van der Waals surface area contributed by atoms with Crippen LogP contribution >= 0.6 is 7.60 Å².